The molecule has 0 unspecified atom stereocenters. The number of hydrogen-bond acceptors (Lipinski definition) is 2. The Kier molecular flexibility index (Phi) is 4.87. The SMILES string of the molecule is CCC1CCC(Sc2ccc(C(C)=O)cc2)CC1. The minimum absolute atomic E-state index is 0.148. The number of carbonyl (C=O) groups is 1. The molecule has 98 valence electrons. The van der Waals surface area contributed by atoms with Gasteiger partial charge in [0.2, 0.25) is 0 Å². The molecule has 0 bridgehead atoms. The normalized spacial score (nSPS) is 23.9. The third-order valence-electron chi connectivity index (χ3n) is 3.93. The van der Waals surface area contributed by atoms with Gasteiger partial charge < -0.3 is 0 Å². The lowest BCUT2D eigenvalue weighted by atomic mass is 9.87. The fraction of sp³-hybridized carbons (Fsp3) is 0.562. The predicted molar refractivity (Wildman–Crippen MR) is 78.3 cm³/mol. The summed E-state index contributed by atoms with van der Waals surface area (Å²) in [5.41, 5.74) is 0.814. The molecular formula is C16H22OS. The Morgan fingerprint density at radius 1 is 1.17 bits per heavy atom. The lowest BCUT2D eigenvalue weighted by molar-refractivity contribution is 0.101. The summed E-state index contributed by atoms with van der Waals surface area (Å²) in [7, 11) is 0. The van der Waals surface area contributed by atoms with Gasteiger partial charge in [0.15, 0.2) is 5.78 Å². The van der Waals surface area contributed by atoms with E-state index in [1.165, 1.54) is 37.0 Å². The molecule has 0 atom stereocenters. The van der Waals surface area contributed by atoms with Crippen molar-refractivity contribution in [3.63, 3.8) is 0 Å². The van der Waals surface area contributed by atoms with Crippen molar-refractivity contribution >= 4 is 17.5 Å². The van der Waals surface area contributed by atoms with E-state index >= 15 is 0 Å². The molecule has 0 aliphatic heterocycles. The van der Waals surface area contributed by atoms with Gasteiger partial charge in [-0.3, -0.25) is 4.79 Å². The molecule has 18 heavy (non-hydrogen) atoms. The van der Waals surface area contributed by atoms with Gasteiger partial charge in [-0.25, -0.2) is 0 Å². The fourth-order valence-electron chi connectivity index (χ4n) is 2.62. The number of thioether (sulfide) groups is 1. The molecular weight excluding hydrogens is 240 g/mol. The van der Waals surface area contributed by atoms with Gasteiger partial charge in [0.1, 0.15) is 0 Å². The summed E-state index contributed by atoms with van der Waals surface area (Å²) in [6.45, 7) is 3.92. The van der Waals surface area contributed by atoms with Crippen LogP contribution in [0.4, 0.5) is 0 Å². The van der Waals surface area contributed by atoms with Crippen molar-refractivity contribution in [1.82, 2.24) is 0 Å². The molecule has 1 aliphatic rings. The van der Waals surface area contributed by atoms with Crippen LogP contribution in [0.1, 0.15) is 56.3 Å². The fourth-order valence-corrected chi connectivity index (χ4v) is 3.80. The number of carbonyl (C=O) groups excluding carboxylic acids is 1. The van der Waals surface area contributed by atoms with E-state index in [2.05, 4.69) is 19.1 Å². The van der Waals surface area contributed by atoms with Crippen LogP contribution >= 0.6 is 11.8 Å². The Hall–Kier alpha value is -0.760. The number of rotatable bonds is 4. The van der Waals surface area contributed by atoms with Gasteiger partial charge in [0, 0.05) is 15.7 Å². The monoisotopic (exact) mass is 262 g/mol. The Bertz CT molecular complexity index is 388. The van der Waals surface area contributed by atoms with Crippen molar-refractivity contribution in [3.8, 4) is 0 Å². The third-order valence-corrected chi connectivity index (χ3v) is 5.28. The highest BCUT2D eigenvalue weighted by Crippen LogP contribution is 2.36. The maximum absolute atomic E-state index is 11.2. The Morgan fingerprint density at radius 2 is 1.78 bits per heavy atom. The lowest BCUT2D eigenvalue weighted by Gasteiger charge is -2.27. The highest BCUT2D eigenvalue weighted by Gasteiger charge is 2.20. The first-order chi connectivity index (χ1) is 8.69. The zero-order chi connectivity index (χ0) is 13.0. The van der Waals surface area contributed by atoms with E-state index in [4.69, 9.17) is 0 Å². The van der Waals surface area contributed by atoms with Crippen LogP contribution in [0.25, 0.3) is 0 Å². The van der Waals surface area contributed by atoms with E-state index in [0.717, 1.165) is 16.7 Å². The number of Topliss-reactive ketones (excluding diaryl/α,β-unsaturated/α-hetero) is 1. The van der Waals surface area contributed by atoms with Gasteiger partial charge in [0.05, 0.1) is 0 Å². The molecule has 0 radical (unpaired) electrons. The van der Waals surface area contributed by atoms with Crippen LogP contribution in [0.3, 0.4) is 0 Å². The molecule has 1 aliphatic carbocycles. The van der Waals surface area contributed by atoms with E-state index in [0.29, 0.717) is 0 Å². The van der Waals surface area contributed by atoms with Crippen molar-refractivity contribution in [1.29, 1.82) is 0 Å². The first-order valence-corrected chi connectivity index (χ1v) is 7.84. The number of ketones is 1. The van der Waals surface area contributed by atoms with Crippen molar-refractivity contribution in [3.05, 3.63) is 29.8 Å². The van der Waals surface area contributed by atoms with Crippen LogP contribution in [0.5, 0.6) is 0 Å². The average molecular weight is 262 g/mol. The van der Waals surface area contributed by atoms with E-state index in [1.54, 1.807) is 6.92 Å². The molecule has 0 saturated heterocycles. The Labute approximate surface area is 114 Å². The van der Waals surface area contributed by atoms with Gasteiger partial charge in [-0.05, 0) is 50.7 Å². The second kappa shape index (κ2) is 6.42. The molecule has 2 heteroatoms. The average Bonchev–Trinajstić information content (AvgIpc) is 2.40. The molecule has 2 rings (SSSR count). The zero-order valence-corrected chi connectivity index (χ0v) is 12.1. The van der Waals surface area contributed by atoms with Crippen LogP contribution < -0.4 is 0 Å². The van der Waals surface area contributed by atoms with Crippen molar-refractivity contribution < 1.29 is 4.79 Å². The topological polar surface area (TPSA) is 17.1 Å². The summed E-state index contributed by atoms with van der Waals surface area (Å²) in [6, 6.07) is 8.07. The standard InChI is InChI=1S/C16H22OS/c1-3-13-4-8-15(9-5-13)18-16-10-6-14(7-11-16)12(2)17/h6-7,10-11,13,15H,3-5,8-9H2,1-2H3. The first-order valence-electron chi connectivity index (χ1n) is 6.96. The number of hydrogen-bond donors (Lipinski definition) is 0. The zero-order valence-electron chi connectivity index (χ0n) is 11.3. The molecule has 0 spiro atoms. The van der Waals surface area contributed by atoms with Crippen LogP contribution in [-0.2, 0) is 0 Å². The molecule has 0 amide bonds. The van der Waals surface area contributed by atoms with Gasteiger partial charge >= 0.3 is 0 Å². The first kappa shape index (κ1) is 13.7. The summed E-state index contributed by atoms with van der Waals surface area (Å²) in [6.07, 6.45) is 6.80. The van der Waals surface area contributed by atoms with Crippen molar-refractivity contribution in [2.75, 3.05) is 0 Å². The van der Waals surface area contributed by atoms with Crippen LogP contribution in [0.15, 0.2) is 29.2 Å². The third kappa shape index (κ3) is 3.61. The van der Waals surface area contributed by atoms with Gasteiger partial charge in [-0.1, -0.05) is 25.5 Å². The molecule has 1 fully saturated rings. The molecule has 0 N–H and O–H groups in total. The van der Waals surface area contributed by atoms with E-state index in [-0.39, 0.29) is 5.78 Å². The highest BCUT2D eigenvalue weighted by atomic mass is 32.2. The van der Waals surface area contributed by atoms with Crippen LogP contribution in [-0.4, -0.2) is 11.0 Å². The molecule has 1 nitrogen and oxygen atoms in total. The summed E-state index contributed by atoms with van der Waals surface area (Å²) >= 11 is 1.99. The van der Waals surface area contributed by atoms with E-state index < -0.39 is 0 Å². The van der Waals surface area contributed by atoms with Gasteiger partial charge in [-0.2, -0.15) is 0 Å². The molecule has 1 aromatic rings. The quantitative estimate of drug-likeness (QED) is 0.714. The van der Waals surface area contributed by atoms with E-state index in [9.17, 15) is 4.79 Å². The largest absolute Gasteiger partial charge is 0.295 e. The second-order valence-corrected chi connectivity index (χ2v) is 6.62. The minimum atomic E-state index is 0.148. The summed E-state index contributed by atoms with van der Waals surface area (Å²) in [4.78, 5) is 12.5. The summed E-state index contributed by atoms with van der Waals surface area (Å²) in [5, 5.41) is 0.774. The second-order valence-electron chi connectivity index (χ2n) is 5.25. The molecule has 0 heterocycles. The van der Waals surface area contributed by atoms with Crippen LogP contribution in [0, 0.1) is 5.92 Å². The summed E-state index contributed by atoms with van der Waals surface area (Å²) < 4.78 is 0. The lowest BCUT2D eigenvalue weighted by Crippen LogP contribution is -2.15. The number of benzene rings is 1. The molecule has 1 aromatic carbocycles. The summed E-state index contributed by atoms with van der Waals surface area (Å²) in [5.74, 6) is 1.11. The Balaban J connectivity index is 1.88. The van der Waals surface area contributed by atoms with Crippen LogP contribution in [0.2, 0.25) is 0 Å². The maximum Gasteiger partial charge on any atom is 0.159 e. The maximum atomic E-state index is 11.2. The van der Waals surface area contributed by atoms with E-state index in [1.807, 2.05) is 23.9 Å². The molecule has 0 aromatic heterocycles. The predicted octanol–water partition coefficient (Wildman–Crippen LogP) is 4.95. The smallest absolute Gasteiger partial charge is 0.159 e. The Morgan fingerprint density at radius 3 is 2.28 bits per heavy atom. The van der Waals surface area contributed by atoms with Crippen molar-refractivity contribution in [2.45, 2.75) is 56.1 Å². The van der Waals surface area contributed by atoms with Crippen molar-refractivity contribution in [2.24, 2.45) is 5.92 Å². The van der Waals surface area contributed by atoms with Gasteiger partial charge in [0.25, 0.3) is 0 Å². The minimum Gasteiger partial charge on any atom is -0.295 e. The highest BCUT2D eigenvalue weighted by molar-refractivity contribution is 8.00. The molecule has 1 saturated carbocycles. The van der Waals surface area contributed by atoms with Gasteiger partial charge in [-0.15, -0.1) is 11.8 Å².